The molecule has 0 rings (SSSR count). The second-order valence-corrected chi connectivity index (χ2v) is 2.81. The van der Waals surface area contributed by atoms with E-state index < -0.39 is 6.29 Å². The van der Waals surface area contributed by atoms with Crippen LogP contribution in [0.25, 0.3) is 0 Å². The number of aliphatic hydroxyl groups is 1. The van der Waals surface area contributed by atoms with Gasteiger partial charge in [0.15, 0.2) is 6.29 Å². The molecule has 0 radical (unpaired) electrons. The molecule has 0 aromatic rings. The first kappa shape index (κ1) is 11.4. The molecule has 0 bridgehead atoms. The fourth-order valence-electron chi connectivity index (χ4n) is 0.892. The van der Waals surface area contributed by atoms with Crippen LogP contribution in [-0.4, -0.2) is 31.6 Å². The summed E-state index contributed by atoms with van der Waals surface area (Å²) >= 11 is 0. The average molecular weight is 176 g/mol. The minimum atomic E-state index is -0.787. The third-order valence-electron chi connectivity index (χ3n) is 1.62. The van der Waals surface area contributed by atoms with Crippen LogP contribution in [0.3, 0.4) is 0 Å². The van der Waals surface area contributed by atoms with Crippen LogP contribution in [0.2, 0.25) is 0 Å². The zero-order valence-electron chi connectivity index (χ0n) is 7.74. The van der Waals surface area contributed by atoms with Crippen molar-refractivity contribution in [1.82, 2.24) is 0 Å². The third-order valence-corrected chi connectivity index (χ3v) is 1.62. The number of esters is 1. The number of methoxy groups -OCH3 is 2. The lowest BCUT2D eigenvalue weighted by atomic mass is 10.0. The van der Waals surface area contributed by atoms with Crippen molar-refractivity contribution in [3.8, 4) is 0 Å². The molecular weight excluding hydrogens is 160 g/mol. The van der Waals surface area contributed by atoms with Crippen LogP contribution in [0, 0.1) is 5.92 Å². The standard InChI is InChI=1S/C8H16O4/c1-6(4-7(9)11-2)5-8(10)12-3/h6-7,9H,4-5H2,1-3H3/t6-,7-/m0/s1. The predicted molar refractivity (Wildman–Crippen MR) is 43.4 cm³/mol. The average Bonchev–Trinajstić information content (AvgIpc) is 2.03. The summed E-state index contributed by atoms with van der Waals surface area (Å²) in [6, 6.07) is 0. The molecule has 0 unspecified atom stereocenters. The molecule has 0 saturated carbocycles. The number of carbonyl (C=O) groups is 1. The van der Waals surface area contributed by atoms with Crippen molar-refractivity contribution in [2.75, 3.05) is 14.2 Å². The van der Waals surface area contributed by atoms with Crippen molar-refractivity contribution in [3.63, 3.8) is 0 Å². The summed E-state index contributed by atoms with van der Waals surface area (Å²) in [7, 11) is 2.78. The Labute approximate surface area is 72.5 Å². The minimum absolute atomic E-state index is 0.0763. The topological polar surface area (TPSA) is 55.8 Å². The maximum Gasteiger partial charge on any atom is 0.305 e. The summed E-state index contributed by atoms with van der Waals surface area (Å²) < 4.78 is 9.11. The Morgan fingerprint density at radius 2 is 2.08 bits per heavy atom. The van der Waals surface area contributed by atoms with E-state index in [-0.39, 0.29) is 11.9 Å². The van der Waals surface area contributed by atoms with Gasteiger partial charge in [-0.2, -0.15) is 0 Å². The summed E-state index contributed by atoms with van der Waals surface area (Å²) in [5.41, 5.74) is 0. The van der Waals surface area contributed by atoms with Crippen LogP contribution < -0.4 is 0 Å². The maximum atomic E-state index is 10.7. The van der Waals surface area contributed by atoms with Crippen molar-refractivity contribution in [1.29, 1.82) is 0 Å². The Bertz CT molecular complexity index is 135. The van der Waals surface area contributed by atoms with E-state index in [9.17, 15) is 4.79 Å². The first-order valence-electron chi connectivity index (χ1n) is 3.87. The summed E-state index contributed by atoms with van der Waals surface area (Å²) in [5, 5.41) is 9.04. The molecule has 0 aromatic heterocycles. The van der Waals surface area contributed by atoms with Crippen LogP contribution in [0.5, 0.6) is 0 Å². The summed E-state index contributed by atoms with van der Waals surface area (Å²) in [5.74, 6) is -0.182. The van der Waals surface area contributed by atoms with Gasteiger partial charge in [-0.15, -0.1) is 0 Å². The van der Waals surface area contributed by atoms with E-state index in [1.165, 1.54) is 14.2 Å². The second kappa shape index (κ2) is 5.97. The summed E-state index contributed by atoms with van der Waals surface area (Å²) in [4.78, 5) is 10.7. The van der Waals surface area contributed by atoms with Gasteiger partial charge in [0, 0.05) is 20.0 Å². The van der Waals surface area contributed by atoms with Gasteiger partial charge in [-0.3, -0.25) is 4.79 Å². The Balaban J connectivity index is 3.58. The molecular formula is C8H16O4. The van der Waals surface area contributed by atoms with E-state index >= 15 is 0 Å². The lowest BCUT2D eigenvalue weighted by Crippen LogP contribution is -2.16. The maximum absolute atomic E-state index is 10.7. The normalized spacial score (nSPS) is 15.3. The van der Waals surface area contributed by atoms with E-state index in [0.29, 0.717) is 12.8 Å². The third kappa shape index (κ3) is 5.09. The van der Waals surface area contributed by atoms with Crippen LogP contribution in [0.4, 0.5) is 0 Å². The highest BCUT2D eigenvalue weighted by atomic mass is 16.6. The molecule has 2 atom stereocenters. The molecule has 12 heavy (non-hydrogen) atoms. The molecule has 0 aliphatic heterocycles. The van der Waals surface area contributed by atoms with E-state index in [1.807, 2.05) is 6.92 Å². The van der Waals surface area contributed by atoms with Gasteiger partial charge in [0.1, 0.15) is 0 Å². The molecule has 0 spiro atoms. The van der Waals surface area contributed by atoms with E-state index in [4.69, 9.17) is 5.11 Å². The molecule has 0 heterocycles. The number of carbonyl (C=O) groups excluding carboxylic acids is 1. The number of hydrogen-bond donors (Lipinski definition) is 1. The van der Waals surface area contributed by atoms with Crippen LogP contribution in [0.1, 0.15) is 19.8 Å². The van der Waals surface area contributed by atoms with Gasteiger partial charge < -0.3 is 14.6 Å². The highest BCUT2D eigenvalue weighted by molar-refractivity contribution is 5.69. The SMILES string of the molecule is COC(=O)C[C@@H](C)C[C@@H](O)OC. The first-order chi connectivity index (χ1) is 5.60. The number of ether oxygens (including phenoxy) is 2. The van der Waals surface area contributed by atoms with Gasteiger partial charge in [-0.1, -0.05) is 6.92 Å². The van der Waals surface area contributed by atoms with Gasteiger partial charge in [0.2, 0.25) is 0 Å². The summed E-state index contributed by atoms with van der Waals surface area (Å²) in [6.45, 7) is 1.86. The fraction of sp³-hybridized carbons (Fsp3) is 0.875. The number of rotatable bonds is 5. The zero-order valence-corrected chi connectivity index (χ0v) is 7.74. The van der Waals surface area contributed by atoms with E-state index in [2.05, 4.69) is 9.47 Å². The first-order valence-corrected chi connectivity index (χ1v) is 3.87. The van der Waals surface area contributed by atoms with Crippen molar-refractivity contribution in [2.24, 2.45) is 5.92 Å². The molecule has 0 aliphatic carbocycles. The molecule has 0 aliphatic rings. The molecule has 72 valence electrons. The van der Waals surface area contributed by atoms with Crippen LogP contribution in [0.15, 0.2) is 0 Å². The molecule has 0 aromatic carbocycles. The van der Waals surface area contributed by atoms with Gasteiger partial charge in [0.25, 0.3) is 0 Å². The minimum Gasteiger partial charge on any atom is -0.469 e. The fourth-order valence-corrected chi connectivity index (χ4v) is 0.892. The second-order valence-electron chi connectivity index (χ2n) is 2.81. The molecule has 4 nitrogen and oxygen atoms in total. The molecule has 1 N–H and O–H groups in total. The largest absolute Gasteiger partial charge is 0.469 e. The monoisotopic (exact) mass is 176 g/mol. The van der Waals surface area contributed by atoms with Crippen molar-refractivity contribution in [3.05, 3.63) is 0 Å². The zero-order chi connectivity index (χ0) is 9.56. The Hall–Kier alpha value is -0.610. The highest BCUT2D eigenvalue weighted by Gasteiger charge is 2.13. The quantitative estimate of drug-likeness (QED) is 0.490. The lowest BCUT2D eigenvalue weighted by molar-refractivity contribution is -0.142. The van der Waals surface area contributed by atoms with Gasteiger partial charge in [-0.05, 0) is 5.92 Å². The lowest BCUT2D eigenvalue weighted by Gasteiger charge is -2.13. The number of aliphatic hydroxyl groups excluding tert-OH is 1. The van der Waals surface area contributed by atoms with Crippen molar-refractivity contribution in [2.45, 2.75) is 26.1 Å². The molecule has 0 fully saturated rings. The molecule has 4 heteroatoms. The smallest absolute Gasteiger partial charge is 0.305 e. The Morgan fingerprint density at radius 3 is 2.50 bits per heavy atom. The summed E-state index contributed by atoms with van der Waals surface area (Å²) in [6.07, 6.45) is -0.0210. The van der Waals surface area contributed by atoms with Crippen molar-refractivity contribution < 1.29 is 19.4 Å². The van der Waals surface area contributed by atoms with Crippen LogP contribution >= 0.6 is 0 Å². The van der Waals surface area contributed by atoms with Crippen LogP contribution in [-0.2, 0) is 14.3 Å². The van der Waals surface area contributed by atoms with E-state index in [0.717, 1.165) is 0 Å². The van der Waals surface area contributed by atoms with Crippen molar-refractivity contribution >= 4 is 5.97 Å². The molecule has 0 amide bonds. The predicted octanol–water partition coefficient (Wildman–Crippen LogP) is 0.540. The number of hydrogen-bond acceptors (Lipinski definition) is 4. The highest BCUT2D eigenvalue weighted by Crippen LogP contribution is 2.11. The Morgan fingerprint density at radius 1 is 1.50 bits per heavy atom. The van der Waals surface area contributed by atoms with E-state index in [1.54, 1.807) is 0 Å². The van der Waals surface area contributed by atoms with Gasteiger partial charge >= 0.3 is 5.97 Å². The van der Waals surface area contributed by atoms with Gasteiger partial charge in [-0.25, -0.2) is 0 Å². The van der Waals surface area contributed by atoms with Gasteiger partial charge in [0.05, 0.1) is 7.11 Å². The molecule has 0 saturated heterocycles. The Kier molecular flexibility index (Phi) is 5.66.